The van der Waals surface area contributed by atoms with E-state index in [1.165, 1.54) is 70.6 Å². The minimum Gasteiger partial charge on any atom is -0.462 e. The van der Waals surface area contributed by atoms with Gasteiger partial charge in [0.1, 0.15) is 6.61 Å². The van der Waals surface area contributed by atoms with Gasteiger partial charge >= 0.3 is 11.9 Å². The first-order chi connectivity index (χ1) is 25.6. The fraction of sp³-hybridized carbons (Fsp3) is 0.660. The summed E-state index contributed by atoms with van der Waals surface area (Å²) in [4.78, 5) is 24.3. The molecule has 0 saturated carbocycles. The van der Waals surface area contributed by atoms with Crippen molar-refractivity contribution in [1.29, 1.82) is 0 Å². The molecular weight excluding hydrogens is 645 g/mol. The fourth-order valence-electron chi connectivity index (χ4n) is 5.49. The zero-order valence-corrected chi connectivity index (χ0v) is 33.5. The number of rotatable bonds is 37. The van der Waals surface area contributed by atoms with Crippen molar-refractivity contribution >= 4 is 11.9 Å². The summed E-state index contributed by atoms with van der Waals surface area (Å²) in [5, 5.41) is 9.58. The molecule has 1 N–H and O–H groups in total. The molecule has 1 atom stereocenters. The quantitative estimate of drug-likeness (QED) is 0.0393. The van der Waals surface area contributed by atoms with E-state index in [1.54, 1.807) is 0 Å². The topological polar surface area (TPSA) is 72.8 Å². The highest BCUT2D eigenvalue weighted by atomic mass is 16.6. The first kappa shape index (κ1) is 49.1. The second-order valence-corrected chi connectivity index (χ2v) is 13.7. The number of esters is 2. The lowest BCUT2D eigenvalue weighted by Crippen LogP contribution is -2.28. The average Bonchev–Trinajstić information content (AvgIpc) is 3.15. The molecule has 0 aliphatic heterocycles. The molecule has 0 saturated heterocycles. The van der Waals surface area contributed by atoms with Crippen molar-refractivity contribution in [2.45, 2.75) is 187 Å². The summed E-state index contributed by atoms with van der Waals surface area (Å²) in [6, 6.07) is 0. The molecule has 1 unspecified atom stereocenters. The molecule has 0 aromatic rings. The van der Waals surface area contributed by atoms with Crippen LogP contribution in [0.3, 0.4) is 0 Å². The summed E-state index contributed by atoms with van der Waals surface area (Å²) in [6.45, 7) is 3.96. The number of carbonyl (C=O) groups excluding carboxylic acids is 2. The first-order valence-corrected chi connectivity index (χ1v) is 21.1. The largest absolute Gasteiger partial charge is 0.462 e. The third-order valence-electron chi connectivity index (χ3n) is 8.67. The molecule has 0 fully saturated rings. The monoisotopic (exact) mass is 723 g/mol. The standard InChI is InChI=1S/C47H78O5/c1-3-5-7-9-11-13-15-17-19-21-23-25-27-29-31-33-35-37-39-41-46(49)51-44-45(43-48)52-47(50)42-40-38-36-34-32-30-28-26-24-22-20-18-16-14-12-10-8-6-4-2/h5,7,11-14,17-20,23,25,29,31,45,48H,3-4,6,8-10,15-16,21-22,24,26-28,30,32-44H2,1-2H3. The summed E-state index contributed by atoms with van der Waals surface area (Å²) >= 11 is 0. The molecule has 0 spiro atoms. The maximum Gasteiger partial charge on any atom is 0.306 e. The molecule has 0 aliphatic carbocycles. The lowest BCUT2D eigenvalue weighted by Gasteiger charge is -2.15. The van der Waals surface area contributed by atoms with E-state index < -0.39 is 6.10 Å². The second-order valence-electron chi connectivity index (χ2n) is 13.7. The molecular formula is C47H78O5. The molecule has 0 aromatic carbocycles. The van der Waals surface area contributed by atoms with Crippen molar-refractivity contribution < 1.29 is 24.2 Å². The Kier molecular flexibility index (Phi) is 40.1. The Labute approximate surface area is 320 Å². The maximum absolute atomic E-state index is 12.2. The van der Waals surface area contributed by atoms with Crippen molar-refractivity contribution in [3.05, 3.63) is 85.1 Å². The first-order valence-electron chi connectivity index (χ1n) is 21.1. The lowest BCUT2D eigenvalue weighted by atomic mass is 10.1. The lowest BCUT2D eigenvalue weighted by molar-refractivity contribution is -0.161. The molecule has 0 rings (SSSR count). The van der Waals surface area contributed by atoms with Crippen LogP contribution in [0.1, 0.15) is 181 Å². The molecule has 0 amide bonds. The summed E-state index contributed by atoms with van der Waals surface area (Å²) in [7, 11) is 0. The predicted octanol–water partition coefficient (Wildman–Crippen LogP) is 13.5. The number of hydrogen-bond acceptors (Lipinski definition) is 5. The van der Waals surface area contributed by atoms with Gasteiger partial charge in [-0.3, -0.25) is 9.59 Å². The van der Waals surface area contributed by atoms with E-state index in [2.05, 4.69) is 98.9 Å². The van der Waals surface area contributed by atoms with Crippen LogP contribution in [0.4, 0.5) is 0 Å². The van der Waals surface area contributed by atoms with Gasteiger partial charge in [-0.15, -0.1) is 0 Å². The number of carbonyl (C=O) groups is 2. The summed E-state index contributed by atoms with van der Waals surface area (Å²) < 4.78 is 10.6. The highest BCUT2D eigenvalue weighted by Crippen LogP contribution is 2.13. The van der Waals surface area contributed by atoms with Crippen molar-refractivity contribution in [3.8, 4) is 0 Å². The van der Waals surface area contributed by atoms with Gasteiger partial charge in [0.25, 0.3) is 0 Å². The Morgan fingerprint density at radius 3 is 1.27 bits per heavy atom. The molecule has 0 bridgehead atoms. The van der Waals surface area contributed by atoms with Gasteiger partial charge < -0.3 is 14.6 Å². The highest BCUT2D eigenvalue weighted by molar-refractivity contribution is 5.70. The molecule has 5 nitrogen and oxygen atoms in total. The smallest absolute Gasteiger partial charge is 0.306 e. The molecule has 52 heavy (non-hydrogen) atoms. The van der Waals surface area contributed by atoms with Gasteiger partial charge in [-0.05, 0) is 89.9 Å². The summed E-state index contributed by atoms with van der Waals surface area (Å²) in [5.41, 5.74) is 0. The van der Waals surface area contributed by atoms with Crippen LogP contribution in [0, 0.1) is 0 Å². The van der Waals surface area contributed by atoms with E-state index in [-0.39, 0.29) is 25.2 Å². The number of unbranched alkanes of at least 4 members (excludes halogenated alkanes) is 15. The summed E-state index contributed by atoms with van der Waals surface area (Å²) in [5.74, 6) is -0.639. The van der Waals surface area contributed by atoms with E-state index in [1.807, 2.05) is 0 Å². The Hall–Kier alpha value is -2.92. The van der Waals surface area contributed by atoms with E-state index in [4.69, 9.17) is 9.47 Å². The van der Waals surface area contributed by atoms with Crippen LogP contribution in [0.15, 0.2) is 85.1 Å². The van der Waals surface area contributed by atoms with Gasteiger partial charge in [-0.25, -0.2) is 0 Å². The van der Waals surface area contributed by atoms with E-state index >= 15 is 0 Å². The van der Waals surface area contributed by atoms with Crippen LogP contribution in [-0.4, -0.2) is 36.4 Å². The van der Waals surface area contributed by atoms with Crippen LogP contribution < -0.4 is 0 Å². The van der Waals surface area contributed by atoms with Crippen molar-refractivity contribution in [2.75, 3.05) is 13.2 Å². The summed E-state index contributed by atoms with van der Waals surface area (Å²) in [6.07, 6.45) is 57.9. The Bertz CT molecular complexity index is 999. The fourth-order valence-corrected chi connectivity index (χ4v) is 5.49. The Morgan fingerprint density at radius 1 is 0.462 bits per heavy atom. The molecule has 0 aliphatic rings. The normalized spacial score (nSPS) is 13.1. The van der Waals surface area contributed by atoms with E-state index in [9.17, 15) is 14.7 Å². The zero-order valence-electron chi connectivity index (χ0n) is 33.5. The van der Waals surface area contributed by atoms with Gasteiger partial charge in [-0.1, -0.05) is 163 Å². The van der Waals surface area contributed by atoms with Crippen LogP contribution >= 0.6 is 0 Å². The van der Waals surface area contributed by atoms with E-state index in [0.717, 1.165) is 83.5 Å². The molecule has 0 aromatic heterocycles. The minimum absolute atomic E-state index is 0.0894. The molecule has 0 radical (unpaired) electrons. The molecule has 5 heteroatoms. The minimum atomic E-state index is -0.792. The van der Waals surface area contributed by atoms with Gasteiger partial charge in [0, 0.05) is 12.8 Å². The Balaban J connectivity index is 3.64. The van der Waals surface area contributed by atoms with Gasteiger partial charge in [0.05, 0.1) is 6.61 Å². The van der Waals surface area contributed by atoms with Gasteiger partial charge in [0.15, 0.2) is 6.10 Å². The number of aliphatic hydroxyl groups excluding tert-OH is 1. The Morgan fingerprint density at radius 2 is 0.827 bits per heavy atom. The van der Waals surface area contributed by atoms with E-state index in [0.29, 0.717) is 12.8 Å². The number of ether oxygens (including phenoxy) is 2. The van der Waals surface area contributed by atoms with Gasteiger partial charge in [0.2, 0.25) is 0 Å². The van der Waals surface area contributed by atoms with Crippen LogP contribution in [0.25, 0.3) is 0 Å². The average molecular weight is 723 g/mol. The molecule has 0 heterocycles. The van der Waals surface area contributed by atoms with Crippen molar-refractivity contribution in [2.24, 2.45) is 0 Å². The molecule has 296 valence electrons. The van der Waals surface area contributed by atoms with Crippen LogP contribution in [0.2, 0.25) is 0 Å². The number of allylic oxidation sites excluding steroid dienone is 14. The SMILES string of the molecule is CCC=CCC=CCC=CCC=CCC=CCCCCCC(=O)OCC(CO)OC(=O)CCCCCCCCCCCC=CCC=CCCCCC. The number of aliphatic hydroxyl groups is 1. The van der Waals surface area contributed by atoms with Crippen molar-refractivity contribution in [1.82, 2.24) is 0 Å². The van der Waals surface area contributed by atoms with Crippen molar-refractivity contribution in [3.63, 3.8) is 0 Å². The predicted molar refractivity (Wildman–Crippen MR) is 223 cm³/mol. The number of hydrogen-bond donors (Lipinski definition) is 1. The van der Waals surface area contributed by atoms with Gasteiger partial charge in [-0.2, -0.15) is 0 Å². The van der Waals surface area contributed by atoms with Crippen LogP contribution in [0.5, 0.6) is 0 Å². The highest BCUT2D eigenvalue weighted by Gasteiger charge is 2.16. The third kappa shape index (κ3) is 39.9. The second kappa shape index (κ2) is 42.5. The maximum atomic E-state index is 12.2. The van der Waals surface area contributed by atoms with Crippen LogP contribution in [-0.2, 0) is 19.1 Å². The third-order valence-corrected chi connectivity index (χ3v) is 8.67. The zero-order chi connectivity index (χ0) is 37.8.